The lowest BCUT2D eigenvalue weighted by Gasteiger charge is -2.32. The molecule has 2 aliphatic heterocycles. The van der Waals surface area contributed by atoms with E-state index in [0.717, 1.165) is 5.56 Å². The third kappa shape index (κ3) is 5.49. The zero-order valence-corrected chi connectivity index (χ0v) is 16.9. The summed E-state index contributed by atoms with van der Waals surface area (Å²) in [6, 6.07) is 4.41. The number of piperidine rings is 1. The number of alkyl halides is 3. The van der Waals surface area contributed by atoms with Gasteiger partial charge in [0.05, 0.1) is 11.4 Å². The minimum absolute atomic E-state index is 0.00132. The number of carbonyl (C=O) groups is 2. The minimum Gasteiger partial charge on any atom is -0.347 e. The number of nitrogens with zero attached hydrogens (tertiary/aromatic N) is 2. The number of carbonyl (C=O) groups excluding carboxylic acids is 2. The molecule has 0 aromatic heterocycles. The van der Waals surface area contributed by atoms with E-state index in [4.69, 9.17) is 5.14 Å². The van der Waals surface area contributed by atoms with Crippen LogP contribution in [0.2, 0.25) is 0 Å². The molecule has 3 rings (SSSR count). The first-order valence-electron chi connectivity index (χ1n) is 9.47. The molecular weight excluding hydrogens is 425 g/mol. The average Bonchev–Trinajstić information content (AvgIpc) is 3.09. The fraction of sp³-hybridized carbons (Fsp3) is 0.556. The van der Waals surface area contributed by atoms with E-state index in [1.54, 1.807) is 11.0 Å². The predicted octanol–water partition coefficient (Wildman–Crippen LogP) is 0.614. The van der Waals surface area contributed by atoms with Crippen molar-refractivity contribution in [1.29, 1.82) is 0 Å². The van der Waals surface area contributed by atoms with Gasteiger partial charge in [-0.15, -0.1) is 0 Å². The predicted molar refractivity (Wildman–Crippen MR) is 102 cm³/mol. The van der Waals surface area contributed by atoms with Crippen molar-refractivity contribution < 1.29 is 31.2 Å². The highest BCUT2D eigenvalue weighted by Crippen LogP contribution is 2.30. The molecule has 166 valence electrons. The lowest BCUT2D eigenvalue weighted by atomic mass is 9.96. The molecule has 1 aromatic rings. The molecule has 0 aliphatic carbocycles. The summed E-state index contributed by atoms with van der Waals surface area (Å²) in [5.74, 6) is -1.27. The number of benzene rings is 1. The molecule has 12 heteroatoms. The van der Waals surface area contributed by atoms with Gasteiger partial charge in [-0.2, -0.15) is 13.2 Å². The van der Waals surface area contributed by atoms with Gasteiger partial charge < -0.3 is 10.2 Å². The van der Waals surface area contributed by atoms with E-state index in [0.29, 0.717) is 44.6 Å². The number of rotatable bonds is 5. The third-order valence-corrected chi connectivity index (χ3v) is 6.27. The SMILES string of the molecule is NS(=O)(=O)c1ccc2c(c1)CCN2C(=O)CN1CCC(C(=O)NCC(F)(F)F)CC1. The molecule has 0 spiro atoms. The maximum Gasteiger partial charge on any atom is 0.405 e. The summed E-state index contributed by atoms with van der Waals surface area (Å²) >= 11 is 0. The van der Waals surface area contributed by atoms with Gasteiger partial charge in [-0.3, -0.25) is 14.5 Å². The van der Waals surface area contributed by atoms with Crippen molar-refractivity contribution in [3.63, 3.8) is 0 Å². The Kier molecular flexibility index (Phi) is 6.39. The highest BCUT2D eigenvalue weighted by Gasteiger charge is 2.32. The summed E-state index contributed by atoms with van der Waals surface area (Å²) in [5, 5.41) is 7.05. The number of primary sulfonamides is 1. The lowest BCUT2D eigenvalue weighted by Crippen LogP contribution is -2.46. The Hall–Kier alpha value is -2.18. The Morgan fingerprint density at radius 2 is 1.83 bits per heavy atom. The first kappa shape index (κ1) is 22.5. The largest absolute Gasteiger partial charge is 0.405 e. The second-order valence-electron chi connectivity index (χ2n) is 7.51. The first-order valence-corrected chi connectivity index (χ1v) is 11.0. The monoisotopic (exact) mass is 448 g/mol. The quantitative estimate of drug-likeness (QED) is 0.686. The molecule has 2 aliphatic rings. The van der Waals surface area contributed by atoms with Gasteiger partial charge in [-0.05, 0) is 56.1 Å². The topological polar surface area (TPSA) is 113 Å². The summed E-state index contributed by atoms with van der Waals surface area (Å²) in [4.78, 5) is 28.0. The molecular formula is C18H23F3N4O4S. The van der Waals surface area contributed by atoms with Gasteiger partial charge in [0.2, 0.25) is 21.8 Å². The van der Waals surface area contributed by atoms with Crippen LogP contribution in [0.4, 0.5) is 18.9 Å². The van der Waals surface area contributed by atoms with Crippen LogP contribution in [0.1, 0.15) is 18.4 Å². The van der Waals surface area contributed by atoms with Gasteiger partial charge in [0.25, 0.3) is 0 Å². The highest BCUT2D eigenvalue weighted by molar-refractivity contribution is 7.89. The van der Waals surface area contributed by atoms with Crippen LogP contribution < -0.4 is 15.4 Å². The Balaban J connectivity index is 1.52. The minimum atomic E-state index is -4.44. The number of anilines is 1. The summed E-state index contributed by atoms with van der Waals surface area (Å²) in [5.41, 5.74) is 1.38. The first-order chi connectivity index (χ1) is 13.9. The second kappa shape index (κ2) is 8.52. The van der Waals surface area contributed by atoms with Crippen molar-refractivity contribution in [2.24, 2.45) is 11.1 Å². The van der Waals surface area contributed by atoms with Crippen molar-refractivity contribution in [3.05, 3.63) is 23.8 Å². The Labute approximate surface area is 172 Å². The number of likely N-dealkylation sites (tertiary alicyclic amines) is 1. The molecule has 2 heterocycles. The zero-order chi connectivity index (χ0) is 22.1. The standard InChI is InChI=1S/C18H23F3N4O4S/c19-18(20,21)11-23-17(27)12-3-6-24(7-4-12)10-16(26)25-8-5-13-9-14(30(22,28)29)1-2-15(13)25/h1-2,9,12H,3-8,10-11H2,(H,23,27)(H2,22,28,29). The Bertz CT molecular complexity index is 928. The van der Waals surface area contributed by atoms with Crippen molar-refractivity contribution in [3.8, 4) is 0 Å². The van der Waals surface area contributed by atoms with Gasteiger partial charge in [-0.1, -0.05) is 0 Å². The number of sulfonamides is 1. The number of fused-ring (bicyclic) bond motifs is 1. The molecule has 0 bridgehead atoms. The van der Waals surface area contributed by atoms with E-state index in [2.05, 4.69) is 0 Å². The smallest absolute Gasteiger partial charge is 0.347 e. The fourth-order valence-corrected chi connectivity index (χ4v) is 4.34. The molecule has 0 radical (unpaired) electrons. The average molecular weight is 448 g/mol. The lowest BCUT2D eigenvalue weighted by molar-refractivity contribution is -0.141. The van der Waals surface area contributed by atoms with Crippen LogP contribution in [-0.4, -0.2) is 64.0 Å². The molecule has 8 nitrogen and oxygen atoms in total. The molecule has 1 saturated heterocycles. The van der Waals surface area contributed by atoms with Crippen molar-refractivity contribution in [2.45, 2.75) is 30.3 Å². The van der Waals surface area contributed by atoms with Crippen LogP contribution in [0.5, 0.6) is 0 Å². The van der Waals surface area contributed by atoms with Gasteiger partial charge in [0.1, 0.15) is 6.54 Å². The highest BCUT2D eigenvalue weighted by atomic mass is 32.2. The van der Waals surface area contributed by atoms with Gasteiger partial charge >= 0.3 is 6.18 Å². The van der Waals surface area contributed by atoms with Gasteiger partial charge in [-0.25, -0.2) is 13.6 Å². The molecule has 0 saturated carbocycles. The summed E-state index contributed by atoms with van der Waals surface area (Å²) in [6.07, 6.45) is -3.16. The molecule has 2 amide bonds. The Morgan fingerprint density at radius 1 is 1.17 bits per heavy atom. The third-order valence-electron chi connectivity index (χ3n) is 5.36. The van der Waals surface area contributed by atoms with E-state index in [1.807, 2.05) is 10.2 Å². The molecule has 1 fully saturated rings. The number of amides is 2. The molecule has 1 aromatic carbocycles. The van der Waals surface area contributed by atoms with Crippen LogP contribution in [0.3, 0.4) is 0 Å². The van der Waals surface area contributed by atoms with E-state index < -0.39 is 34.6 Å². The van der Waals surface area contributed by atoms with Crippen molar-refractivity contribution >= 4 is 27.5 Å². The van der Waals surface area contributed by atoms with Crippen LogP contribution in [0, 0.1) is 5.92 Å². The Morgan fingerprint density at radius 3 is 2.43 bits per heavy atom. The number of hydrogen-bond donors (Lipinski definition) is 2. The number of hydrogen-bond acceptors (Lipinski definition) is 5. The summed E-state index contributed by atoms with van der Waals surface area (Å²) in [7, 11) is -3.82. The van der Waals surface area contributed by atoms with Gasteiger partial charge in [0.15, 0.2) is 0 Å². The normalized spacial score (nSPS) is 18.3. The van der Waals surface area contributed by atoms with Gasteiger partial charge in [0, 0.05) is 18.2 Å². The maximum absolute atomic E-state index is 12.7. The molecule has 3 N–H and O–H groups in total. The van der Waals surface area contributed by atoms with Crippen LogP contribution in [-0.2, 0) is 26.0 Å². The number of nitrogens with one attached hydrogen (secondary N) is 1. The van der Waals surface area contributed by atoms with Crippen molar-refractivity contribution in [2.75, 3.05) is 37.6 Å². The van der Waals surface area contributed by atoms with Crippen LogP contribution in [0.15, 0.2) is 23.1 Å². The fourth-order valence-electron chi connectivity index (χ4n) is 3.78. The number of halogens is 3. The number of nitrogens with two attached hydrogens (primary N) is 1. The molecule has 0 atom stereocenters. The molecule has 30 heavy (non-hydrogen) atoms. The van der Waals surface area contributed by atoms with Crippen LogP contribution in [0.25, 0.3) is 0 Å². The van der Waals surface area contributed by atoms with E-state index in [1.165, 1.54) is 12.1 Å². The molecule has 0 unspecified atom stereocenters. The maximum atomic E-state index is 12.7. The second-order valence-corrected chi connectivity index (χ2v) is 9.08. The summed E-state index contributed by atoms with van der Waals surface area (Å²) < 4.78 is 59.6. The van der Waals surface area contributed by atoms with E-state index in [9.17, 15) is 31.2 Å². The summed E-state index contributed by atoms with van der Waals surface area (Å²) in [6.45, 7) is 0.0691. The van der Waals surface area contributed by atoms with E-state index in [-0.39, 0.29) is 17.3 Å². The van der Waals surface area contributed by atoms with Crippen LogP contribution >= 0.6 is 0 Å². The van der Waals surface area contributed by atoms with Crippen molar-refractivity contribution in [1.82, 2.24) is 10.2 Å². The zero-order valence-electron chi connectivity index (χ0n) is 16.1. The van der Waals surface area contributed by atoms with E-state index >= 15 is 0 Å².